The predicted molar refractivity (Wildman–Crippen MR) is 139 cm³/mol. The number of methoxy groups -OCH3 is 1. The topological polar surface area (TPSA) is 93.4 Å². The van der Waals surface area contributed by atoms with Gasteiger partial charge in [-0.25, -0.2) is 9.79 Å². The van der Waals surface area contributed by atoms with E-state index >= 15 is 0 Å². The van der Waals surface area contributed by atoms with Crippen molar-refractivity contribution in [3.63, 3.8) is 0 Å². The molecule has 1 aromatic carbocycles. The lowest BCUT2D eigenvalue weighted by Gasteiger charge is -2.36. The molecular weight excluding hydrogens is 478 g/mol. The highest BCUT2D eigenvalue weighted by atomic mass is 32.2. The van der Waals surface area contributed by atoms with Crippen LogP contribution < -0.4 is 5.32 Å². The average molecular weight is 510 g/mol. The first kappa shape index (κ1) is 25.8. The first-order valence-electron chi connectivity index (χ1n) is 11.9. The van der Waals surface area contributed by atoms with Crippen LogP contribution in [0.4, 0.5) is 0 Å². The van der Waals surface area contributed by atoms with Crippen molar-refractivity contribution in [3.8, 4) is 0 Å². The number of allylic oxidation sites excluding steroid dienone is 1. The van der Waals surface area contributed by atoms with Crippen molar-refractivity contribution in [1.82, 2.24) is 10.2 Å². The Hall–Kier alpha value is -3.30. The van der Waals surface area contributed by atoms with Gasteiger partial charge in [0, 0.05) is 12.8 Å². The molecule has 1 aromatic heterocycles. The molecule has 190 valence electrons. The molecule has 0 spiro atoms. The average Bonchev–Trinajstić information content (AvgIpc) is 3.52. The second-order valence-corrected chi connectivity index (χ2v) is 9.71. The number of hydrogen-bond donors (Lipinski definition) is 1. The third-order valence-corrected chi connectivity index (χ3v) is 6.93. The fraction of sp³-hybridized carbons (Fsp3) is 0.370. The van der Waals surface area contributed by atoms with Crippen LogP contribution in [0.15, 0.2) is 74.4 Å². The Morgan fingerprint density at radius 3 is 2.64 bits per heavy atom. The summed E-state index contributed by atoms with van der Waals surface area (Å²) in [6.45, 7) is 6.87. The number of amidine groups is 1. The molecule has 1 N–H and O–H groups in total. The number of hydrogen-bond acceptors (Lipinski definition) is 8. The Labute approximate surface area is 215 Å². The van der Waals surface area contributed by atoms with E-state index in [4.69, 9.17) is 18.9 Å². The lowest BCUT2D eigenvalue weighted by atomic mass is 9.92. The van der Waals surface area contributed by atoms with Crippen LogP contribution in [0, 0.1) is 0 Å². The number of ether oxygens (including phenoxy) is 2. The quantitative estimate of drug-likeness (QED) is 0.361. The van der Waals surface area contributed by atoms with Gasteiger partial charge in [0.25, 0.3) is 0 Å². The number of furan rings is 1. The molecule has 2 aliphatic heterocycles. The number of esters is 1. The molecule has 0 aliphatic carbocycles. The van der Waals surface area contributed by atoms with Gasteiger partial charge in [0.1, 0.15) is 12.4 Å². The number of fused-ring (bicyclic) bond motifs is 1. The van der Waals surface area contributed by atoms with Gasteiger partial charge in [-0.2, -0.15) is 0 Å². The maximum atomic E-state index is 13.2. The van der Waals surface area contributed by atoms with E-state index < -0.39 is 12.0 Å². The third-order valence-electron chi connectivity index (χ3n) is 6.04. The van der Waals surface area contributed by atoms with Gasteiger partial charge in [-0.05, 0) is 41.5 Å². The summed E-state index contributed by atoms with van der Waals surface area (Å²) in [5.74, 6) is 0.475. The predicted octanol–water partition coefficient (Wildman–Crippen LogP) is 4.87. The van der Waals surface area contributed by atoms with Gasteiger partial charge in [-0.15, -0.1) is 0 Å². The van der Waals surface area contributed by atoms with Crippen LogP contribution in [-0.4, -0.2) is 42.3 Å². The summed E-state index contributed by atoms with van der Waals surface area (Å²) in [4.78, 5) is 32.7. The van der Waals surface area contributed by atoms with Crippen LogP contribution >= 0.6 is 11.8 Å². The lowest BCUT2D eigenvalue weighted by molar-refractivity contribution is -0.141. The lowest BCUT2D eigenvalue weighted by Crippen LogP contribution is -2.38. The van der Waals surface area contributed by atoms with Crippen molar-refractivity contribution in [2.75, 3.05) is 20.3 Å². The second-order valence-electron chi connectivity index (χ2n) is 8.88. The van der Waals surface area contributed by atoms with E-state index in [0.29, 0.717) is 36.1 Å². The number of carbonyl (C=O) groups excluding carboxylic acids is 2. The number of nitrogens with zero attached hydrogens (tertiary/aromatic N) is 2. The SMILES string of the molecule is COCCOC(=O)C1=C(C)N=C2SC=C(CC(=O)NCc3ccco3)N2[C@@H]1c1ccc(C(C)C)cc1. The molecule has 1 atom stereocenters. The van der Waals surface area contributed by atoms with E-state index in [2.05, 4.69) is 31.3 Å². The summed E-state index contributed by atoms with van der Waals surface area (Å²) in [5.41, 5.74) is 3.96. The summed E-state index contributed by atoms with van der Waals surface area (Å²) in [5, 5.41) is 5.55. The van der Waals surface area contributed by atoms with E-state index in [9.17, 15) is 9.59 Å². The molecule has 0 saturated heterocycles. The minimum Gasteiger partial charge on any atom is -0.467 e. The van der Waals surface area contributed by atoms with Crippen molar-refractivity contribution < 1.29 is 23.5 Å². The Morgan fingerprint density at radius 2 is 1.97 bits per heavy atom. The number of amides is 1. The molecule has 36 heavy (non-hydrogen) atoms. The molecule has 2 aromatic rings. The first-order valence-corrected chi connectivity index (χ1v) is 12.8. The molecule has 0 saturated carbocycles. The van der Waals surface area contributed by atoms with Crippen LogP contribution in [0.5, 0.6) is 0 Å². The van der Waals surface area contributed by atoms with Crippen LogP contribution in [0.1, 0.15) is 56.0 Å². The molecule has 1 amide bonds. The first-order chi connectivity index (χ1) is 17.4. The van der Waals surface area contributed by atoms with Crippen LogP contribution in [0.3, 0.4) is 0 Å². The standard InChI is InChI=1S/C27H31N3O5S/c1-17(2)19-7-9-20(10-8-19)25-24(26(32)35-13-12-33-4)18(3)29-27-30(25)21(16-36-27)14-23(31)28-15-22-6-5-11-34-22/h5-11,16-17,25H,12-15H2,1-4H3,(H,28,31)/t25-/m1/s1. The highest BCUT2D eigenvalue weighted by Gasteiger charge is 2.41. The van der Waals surface area contributed by atoms with Crippen molar-refractivity contribution in [2.45, 2.75) is 45.7 Å². The maximum Gasteiger partial charge on any atom is 0.338 e. The number of nitrogens with one attached hydrogen (secondary N) is 1. The fourth-order valence-electron chi connectivity index (χ4n) is 4.13. The van der Waals surface area contributed by atoms with Crippen molar-refractivity contribution in [2.24, 2.45) is 4.99 Å². The number of benzene rings is 1. The maximum absolute atomic E-state index is 13.2. The van der Waals surface area contributed by atoms with E-state index in [-0.39, 0.29) is 18.9 Å². The van der Waals surface area contributed by atoms with Crippen molar-refractivity contribution in [1.29, 1.82) is 0 Å². The van der Waals surface area contributed by atoms with Gasteiger partial charge in [0.15, 0.2) is 5.17 Å². The van der Waals surface area contributed by atoms with Crippen LogP contribution in [0.2, 0.25) is 0 Å². The normalized spacial score (nSPS) is 17.1. The largest absolute Gasteiger partial charge is 0.467 e. The summed E-state index contributed by atoms with van der Waals surface area (Å²) in [6.07, 6.45) is 1.71. The highest BCUT2D eigenvalue weighted by molar-refractivity contribution is 8.16. The smallest absolute Gasteiger partial charge is 0.338 e. The Kier molecular flexibility index (Phi) is 8.32. The zero-order valence-corrected chi connectivity index (χ0v) is 21.8. The monoisotopic (exact) mass is 509 g/mol. The van der Waals surface area contributed by atoms with E-state index in [1.807, 2.05) is 35.4 Å². The van der Waals surface area contributed by atoms with E-state index in [1.54, 1.807) is 19.4 Å². The summed E-state index contributed by atoms with van der Waals surface area (Å²) in [7, 11) is 1.56. The molecule has 0 radical (unpaired) electrons. The third kappa shape index (κ3) is 5.74. The number of carbonyl (C=O) groups is 2. The summed E-state index contributed by atoms with van der Waals surface area (Å²) < 4.78 is 15.9. The number of thioether (sulfide) groups is 1. The Morgan fingerprint density at radius 1 is 1.19 bits per heavy atom. The zero-order valence-electron chi connectivity index (χ0n) is 20.9. The minimum absolute atomic E-state index is 0.137. The molecule has 2 aliphatic rings. The molecule has 0 unspecified atom stereocenters. The van der Waals surface area contributed by atoms with Gasteiger partial charge in [0.05, 0.1) is 43.1 Å². The van der Waals surface area contributed by atoms with Gasteiger partial charge < -0.3 is 24.1 Å². The van der Waals surface area contributed by atoms with Gasteiger partial charge in [-0.1, -0.05) is 49.9 Å². The molecule has 8 nitrogen and oxygen atoms in total. The molecular formula is C27H31N3O5S. The Balaban J connectivity index is 1.62. The summed E-state index contributed by atoms with van der Waals surface area (Å²) in [6, 6.07) is 11.4. The van der Waals surface area contributed by atoms with Gasteiger partial charge in [-0.3, -0.25) is 4.79 Å². The highest BCUT2D eigenvalue weighted by Crippen LogP contribution is 2.45. The minimum atomic E-state index is -0.465. The molecule has 0 fully saturated rings. The van der Waals surface area contributed by atoms with Crippen molar-refractivity contribution >= 4 is 28.8 Å². The van der Waals surface area contributed by atoms with Crippen LogP contribution in [-0.2, 0) is 25.6 Å². The Bertz CT molecular complexity index is 1180. The summed E-state index contributed by atoms with van der Waals surface area (Å²) >= 11 is 1.45. The van der Waals surface area contributed by atoms with Crippen LogP contribution in [0.25, 0.3) is 0 Å². The number of rotatable bonds is 10. The molecule has 9 heteroatoms. The number of aliphatic imine (C=N–C) groups is 1. The van der Waals surface area contributed by atoms with Gasteiger partial charge >= 0.3 is 5.97 Å². The van der Waals surface area contributed by atoms with E-state index in [1.165, 1.54) is 17.3 Å². The molecule has 4 rings (SSSR count). The second kappa shape index (κ2) is 11.6. The van der Waals surface area contributed by atoms with Gasteiger partial charge in [0.2, 0.25) is 5.91 Å². The van der Waals surface area contributed by atoms with E-state index in [0.717, 1.165) is 16.4 Å². The van der Waals surface area contributed by atoms with Crippen molar-refractivity contribution in [3.05, 3.63) is 81.9 Å². The molecule has 0 bridgehead atoms. The fourth-order valence-corrected chi connectivity index (χ4v) is 5.09. The molecule has 3 heterocycles. The zero-order chi connectivity index (χ0) is 25.7.